The molecule has 1 atom stereocenters. The first-order valence-corrected chi connectivity index (χ1v) is 5.39. The van der Waals surface area contributed by atoms with Gasteiger partial charge in [-0.15, -0.1) is 0 Å². The molecule has 1 heterocycles. The van der Waals surface area contributed by atoms with Crippen molar-refractivity contribution in [1.29, 1.82) is 0 Å². The van der Waals surface area contributed by atoms with Gasteiger partial charge in [0.1, 0.15) is 13.2 Å². The van der Waals surface area contributed by atoms with E-state index in [9.17, 15) is 4.79 Å². The van der Waals surface area contributed by atoms with Crippen molar-refractivity contribution in [3.63, 3.8) is 0 Å². The van der Waals surface area contributed by atoms with Crippen LogP contribution in [-0.2, 0) is 9.53 Å². The van der Waals surface area contributed by atoms with Crippen molar-refractivity contribution < 1.29 is 19.0 Å². The molecule has 0 aliphatic carbocycles. The molecule has 5 nitrogen and oxygen atoms in total. The topological polar surface area (TPSA) is 70.8 Å². The molecule has 1 aromatic carbocycles. The third kappa shape index (κ3) is 2.61. The Hall–Kier alpha value is -1.91. The monoisotopic (exact) mass is 237 g/mol. The molecule has 0 radical (unpaired) electrons. The van der Waals surface area contributed by atoms with E-state index in [1.165, 1.54) is 6.92 Å². The maximum absolute atomic E-state index is 10.7. The molecule has 0 spiro atoms. The number of nitrogen functional groups attached to an aromatic ring is 1. The van der Waals surface area contributed by atoms with E-state index in [1.54, 1.807) is 6.07 Å². The molecule has 92 valence electrons. The second-order valence-corrected chi connectivity index (χ2v) is 4.01. The van der Waals surface area contributed by atoms with Gasteiger partial charge in [0.25, 0.3) is 0 Å². The molecular formula is C12H15NO4. The van der Waals surface area contributed by atoms with Gasteiger partial charge in [-0.25, -0.2) is 0 Å². The van der Waals surface area contributed by atoms with Gasteiger partial charge in [-0.1, -0.05) is 0 Å². The van der Waals surface area contributed by atoms with Crippen molar-refractivity contribution in [2.75, 3.05) is 18.9 Å². The van der Waals surface area contributed by atoms with Crippen LogP contribution in [-0.4, -0.2) is 25.3 Å². The van der Waals surface area contributed by atoms with E-state index in [2.05, 4.69) is 0 Å². The molecular weight excluding hydrogens is 222 g/mol. The highest BCUT2D eigenvalue weighted by atomic mass is 16.6. The summed E-state index contributed by atoms with van der Waals surface area (Å²) in [5.41, 5.74) is 7.38. The average molecular weight is 237 g/mol. The van der Waals surface area contributed by atoms with E-state index < -0.39 is 0 Å². The summed E-state index contributed by atoms with van der Waals surface area (Å²) in [6, 6.07) is 3.57. The summed E-state index contributed by atoms with van der Waals surface area (Å²) in [6.07, 6.45) is -0.269. The van der Waals surface area contributed by atoms with E-state index in [-0.39, 0.29) is 18.7 Å². The number of carbonyl (C=O) groups is 1. The fourth-order valence-electron chi connectivity index (χ4n) is 1.57. The van der Waals surface area contributed by atoms with Gasteiger partial charge in [0.15, 0.2) is 17.6 Å². The first kappa shape index (κ1) is 11.6. The maximum Gasteiger partial charge on any atom is 0.302 e. The fraction of sp³-hybridized carbons (Fsp3) is 0.417. The first-order chi connectivity index (χ1) is 8.06. The molecule has 0 saturated heterocycles. The SMILES string of the molecule is CC(=O)OCC1COc2cc(N)c(C)cc2O1. The Labute approximate surface area is 99.5 Å². The number of anilines is 1. The zero-order valence-electron chi connectivity index (χ0n) is 9.86. The van der Waals surface area contributed by atoms with Crippen LogP contribution in [0.25, 0.3) is 0 Å². The fourth-order valence-corrected chi connectivity index (χ4v) is 1.57. The van der Waals surface area contributed by atoms with Crippen LogP contribution in [0.3, 0.4) is 0 Å². The molecule has 0 bridgehead atoms. The zero-order valence-corrected chi connectivity index (χ0v) is 9.86. The number of carbonyl (C=O) groups excluding carboxylic acids is 1. The van der Waals surface area contributed by atoms with Crippen LogP contribution < -0.4 is 15.2 Å². The Morgan fingerprint density at radius 3 is 3.00 bits per heavy atom. The predicted molar refractivity (Wildman–Crippen MR) is 62.1 cm³/mol. The number of hydrogen-bond donors (Lipinski definition) is 1. The highest BCUT2D eigenvalue weighted by Gasteiger charge is 2.22. The largest absolute Gasteiger partial charge is 0.486 e. The Morgan fingerprint density at radius 2 is 2.29 bits per heavy atom. The van der Waals surface area contributed by atoms with E-state index in [4.69, 9.17) is 19.9 Å². The van der Waals surface area contributed by atoms with Crippen molar-refractivity contribution in [3.8, 4) is 11.5 Å². The Bertz CT molecular complexity index is 444. The molecule has 2 N–H and O–H groups in total. The lowest BCUT2D eigenvalue weighted by molar-refractivity contribution is -0.144. The van der Waals surface area contributed by atoms with Gasteiger partial charge in [-0.3, -0.25) is 4.79 Å². The lowest BCUT2D eigenvalue weighted by atomic mass is 10.1. The highest BCUT2D eigenvalue weighted by Crippen LogP contribution is 2.35. The second kappa shape index (κ2) is 4.53. The molecule has 1 aromatic rings. The number of fused-ring (bicyclic) bond motifs is 1. The summed E-state index contributed by atoms with van der Waals surface area (Å²) < 4.78 is 16.0. The van der Waals surface area contributed by atoms with Crippen molar-refractivity contribution in [2.24, 2.45) is 0 Å². The van der Waals surface area contributed by atoms with Gasteiger partial charge in [-0.05, 0) is 18.6 Å². The molecule has 0 saturated carbocycles. The quantitative estimate of drug-likeness (QED) is 0.619. The average Bonchev–Trinajstić information content (AvgIpc) is 2.28. The van der Waals surface area contributed by atoms with E-state index in [0.29, 0.717) is 23.8 Å². The van der Waals surface area contributed by atoms with E-state index in [1.807, 2.05) is 13.0 Å². The third-order valence-electron chi connectivity index (χ3n) is 2.52. The summed E-state index contributed by atoms with van der Waals surface area (Å²) in [5, 5.41) is 0. The minimum Gasteiger partial charge on any atom is -0.486 e. The maximum atomic E-state index is 10.7. The van der Waals surface area contributed by atoms with Crippen LogP contribution in [0.4, 0.5) is 5.69 Å². The number of hydrogen-bond acceptors (Lipinski definition) is 5. The highest BCUT2D eigenvalue weighted by molar-refractivity contribution is 5.66. The summed E-state index contributed by atoms with van der Waals surface area (Å²) in [5.74, 6) is 0.945. The number of aryl methyl sites for hydroxylation is 1. The smallest absolute Gasteiger partial charge is 0.302 e. The zero-order chi connectivity index (χ0) is 12.4. The Balaban J connectivity index is 2.08. The van der Waals surface area contributed by atoms with Crippen LogP contribution in [0.1, 0.15) is 12.5 Å². The lowest BCUT2D eigenvalue weighted by Gasteiger charge is -2.26. The summed E-state index contributed by atoms with van der Waals surface area (Å²) in [4.78, 5) is 10.7. The van der Waals surface area contributed by atoms with Gasteiger partial charge in [0.2, 0.25) is 0 Å². The Kier molecular flexibility index (Phi) is 3.08. The molecule has 0 amide bonds. The molecule has 1 aliphatic heterocycles. The molecule has 17 heavy (non-hydrogen) atoms. The number of rotatable bonds is 2. The third-order valence-corrected chi connectivity index (χ3v) is 2.52. The lowest BCUT2D eigenvalue weighted by Crippen LogP contribution is -2.34. The molecule has 1 unspecified atom stereocenters. The van der Waals surface area contributed by atoms with E-state index >= 15 is 0 Å². The van der Waals surface area contributed by atoms with Gasteiger partial charge in [0.05, 0.1) is 0 Å². The van der Waals surface area contributed by atoms with Crippen LogP contribution in [0, 0.1) is 6.92 Å². The molecule has 5 heteroatoms. The van der Waals surface area contributed by atoms with Gasteiger partial charge in [0, 0.05) is 18.7 Å². The van der Waals surface area contributed by atoms with Crippen molar-refractivity contribution >= 4 is 11.7 Å². The van der Waals surface area contributed by atoms with Gasteiger partial charge >= 0.3 is 5.97 Å². The first-order valence-electron chi connectivity index (χ1n) is 5.39. The summed E-state index contributed by atoms with van der Waals surface area (Å²) >= 11 is 0. The standard InChI is InChI=1S/C12H15NO4/c1-7-3-12-11(4-10(7)13)16-6-9(17-12)5-15-8(2)14/h3-4,9H,5-6,13H2,1-2H3. The van der Waals surface area contributed by atoms with Crippen LogP contribution in [0.15, 0.2) is 12.1 Å². The predicted octanol–water partition coefficient (Wildman–Crippen LogP) is 1.28. The molecule has 0 fully saturated rings. The van der Waals surface area contributed by atoms with Crippen LogP contribution >= 0.6 is 0 Å². The van der Waals surface area contributed by atoms with Crippen molar-refractivity contribution in [1.82, 2.24) is 0 Å². The van der Waals surface area contributed by atoms with Crippen LogP contribution in [0.2, 0.25) is 0 Å². The summed E-state index contributed by atoms with van der Waals surface area (Å²) in [7, 11) is 0. The molecule has 2 rings (SSSR count). The van der Waals surface area contributed by atoms with Gasteiger partial charge < -0.3 is 19.9 Å². The van der Waals surface area contributed by atoms with Gasteiger partial charge in [-0.2, -0.15) is 0 Å². The second-order valence-electron chi connectivity index (χ2n) is 4.01. The molecule has 0 aromatic heterocycles. The normalized spacial score (nSPS) is 17.6. The van der Waals surface area contributed by atoms with Crippen LogP contribution in [0.5, 0.6) is 11.5 Å². The minimum absolute atomic E-state index is 0.193. The summed E-state index contributed by atoms with van der Waals surface area (Å²) in [6.45, 7) is 3.80. The minimum atomic E-state index is -0.326. The number of benzene rings is 1. The number of ether oxygens (including phenoxy) is 3. The van der Waals surface area contributed by atoms with E-state index in [0.717, 1.165) is 5.56 Å². The van der Waals surface area contributed by atoms with Crippen molar-refractivity contribution in [2.45, 2.75) is 20.0 Å². The number of nitrogens with two attached hydrogens (primary N) is 1. The van der Waals surface area contributed by atoms with Crippen molar-refractivity contribution in [3.05, 3.63) is 17.7 Å². The number of esters is 1. The molecule has 1 aliphatic rings. The Morgan fingerprint density at radius 1 is 1.53 bits per heavy atom.